The molecule has 5 N–H and O–H groups in total. The number of aromatic nitrogens is 4. The number of hydrogen-bond acceptors (Lipinski definition) is 4. The van der Waals surface area contributed by atoms with E-state index in [4.69, 9.17) is 5.73 Å². The fourth-order valence-electron chi connectivity index (χ4n) is 2.82. The molecule has 7 nitrogen and oxygen atoms in total. The second-order valence-corrected chi connectivity index (χ2v) is 5.67. The van der Waals surface area contributed by atoms with Crippen LogP contribution < -0.4 is 11.1 Å². The van der Waals surface area contributed by atoms with E-state index >= 15 is 0 Å². The molecule has 0 aliphatic heterocycles. The standard InChI is InChI=1S/C18H16N6O/c19-16(11-3-2-6-20-7-11)18(25)24-15-5-1-4-13-14(10-21-17(13)15)12-8-22-23-9-12/h1-10,16,21H,19H2,(H,22,23)(H,24,25). The Bertz CT molecular complexity index is 1010. The van der Waals surface area contributed by atoms with Gasteiger partial charge >= 0.3 is 0 Å². The molecule has 4 aromatic rings. The van der Waals surface area contributed by atoms with Gasteiger partial charge in [-0.25, -0.2) is 0 Å². The molecule has 124 valence electrons. The summed E-state index contributed by atoms with van der Waals surface area (Å²) >= 11 is 0. The first kappa shape index (κ1) is 15.1. The maximum absolute atomic E-state index is 12.5. The molecule has 7 heteroatoms. The molecule has 0 radical (unpaired) electrons. The number of para-hydroxylation sites is 1. The predicted octanol–water partition coefficient (Wildman–Crippen LogP) is 2.59. The Morgan fingerprint density at radius 1 is 1.16 bits per heavy atom. The third-order valence-electron chi connectivity index (χ3n) is 4.11. The van der Waals surface area contributed by atoms with Gasteiger partial charge in [-0.3, -0.25) is 14.9 Å². The molecule has 1 aromatic carbocycles. The smallest absolute Gasteiger partial charge is 0.246 e. The number of hydrogen-bond donors (Lipinski definition) is 4. The van der Waals surface area contributed by atoms with Gasteiger partial charge in [-0.15, -0.1) is 0 Å². The Kier molecular flexibility index (Phi) is 3.75. The largest absolute Gasteiger partial charge is 0.359 e. The number of carbonyl (C=O) groups is 1. The number of nitrogens with zero attached hydrogens (tertiary/aromatic N) is 2. The van der Waals surface area contributed by atoms with Gasteiger partial charge in [0.2, 0.25) is 5.91 Å². The van der Waals surface area contributed by atoms with Gasteiger partial charge < -0.3 is 16.0 Å². The third-order valence-corrected chi connectivity index (χ3v) is 4.11. The maximum Gasteiger partial charge on any atom is 0.246 e. The highest BCUT2D eigenvalue weighted by Crippen LogP contribution is 2.32. The highest BCUT2D eigenvalue weighted by Gasteiger charge is 2.18. The minimum Gasteiger partial charge on any atom is -0.359 e. The molecule has 0 spiro atoms. The van der Waals surface area contributed by atoms with E-state index in [1.807, 2.05) is 30.6 Å². The number of rotatable bonds is 4. The van der Waals surface area contributed by atoms with Gasteiger partial charge in [0, 0.05) is 41.3 Å². The first-order chi connectivity index (χ1) is 12.2. The number of benzene rings is 1. The molecule has 1 atom stereocenters. The van der Waals surface area contributed by atoms with Crippen molar-refractivity contribution >= 4 is 22.5 Å². The van der Waals surface area contributed by atoms with E-state index < -0.39 is 6.04 Å². The number of carbonyl (C=O) groups excluding carboxylic acids is 1. The molecule has 4 rings (SSSR count). The number of nitrogens with one attached hydrogen (secondary N) is 3. The molecule has 0 bridgehead atoms. The monoisotopic (exact) mass is 332 g/mol. The normalized spacial score (nSPS) is 12.2. The van der Waals surface area contributed by atoms with Crippen molar-refractivity contribution < 1.29 is 4.79 Å². The van der Waals surface area contributed by atoms with E-state index in [-0.39, 0.29) is 5.91 Å². The van der Waals surface area contributed by atoms with Crippen LogP contribution in [0.2, 0.25) is 0 Å². The lowest BCUT2D eigenvalue weighted by molar-refractivity contribution is -0.117. The van der Waals surface area contributed by atoms with Gasteiger partial charge in [-0.1, -0.05) is 18.2 Å². The second-order valence-electron chi connectivity index (χ2n) is 5.67. The van der Waals surface area contributed by atoms with E-state index in [9.17, 15) is 4.79 Å². The number of amides is 1. The summed E-state index contributed by atoms with van der Waals surface area (Å²) in [6.07, 6.45) is 8.71. The number of H-pyrrole nitrogens is 2. The Labute approximate surface area is 143 Å². The zero-order valence-corrected chi connectivity index (χ0v) is 13.2. The molecule has 0 saturated heterocycles. The number of nitrogens with two attached hydrogens (primary N) is 1. The van der Waals surface area contributed by atoms with Crippen LogP contribution in [0.3, 0.4) is 0 Å². The van der Waals surface area contributed by atoms with Crippen molar-refractivity contribution in [3.05, 3.63) is 66.9 Å². The summed E-state index contributed by atoms with van der Waals surface area (Å²) < 4.78 is 0. The molecular formula is C18H16N6O. The van der Waals surface area contributed by atoms with Crippen LogP contribution in [0.5, 0.6) is 0 Å². The van der Waals surface area contributed by atoms with Gasteiger partial charge in [0.05, 0.1) is 17.4 Å². The van der Waals surface area contributed by atoms with Crippen molar-refractivity contribution in [1.29, 1.82) is 0 Å². The topological polar surface area (TPSA) is 112 Å². The molecule has 1 amide bonds. The number of anilines is 1. The maximum atomic E-state index is 12.5. The van der Waals surface area contributed by atoms with Crippen molar-refractivity contribution in [2.24, 2.45) is 5.73 Å². The summed E-state index contributed by atoms with van der Waals surface area (Å²) in [5, 5.41) is 10.7. The Hall–Kier alpha value is -3.45. The average molecular weight is 332 g/mol. The summed E-state index contributed by atoms with van der Waals surface area (Å²) in [5.41, 5.74) is 10.2. The average Bonchev–Trinajstić information content (AvgIpc) is 3.31. The Morgan fingerprint density at radius 2 is 2.08 bits per heavy atom. The zero-order valence-electron chi connectivity index (χ0n) is 13.2. The Balaban J connectivity index is 1.65. The molecular weight excluding hydrogens is 316 g/mol. The van der Waals surface area contributed by atoms with Crippen LogP contribution in [-0.2, 0) is 4.79 Å². The van der Waals surface area contributed by atoms with Crippen molar-refractivity contribution in [2.75, 3.05) is 5.32 Å². The quantitative estimate of drug-likeness (QED) is 0.460. The fraction of sp³-hybridized carbons (Fsp3) is 0.0556. The van der Waals surface area contributed by atoms with Gasteiger partial charge in [-0.2, -0.15) is 5.10 Å². The lowest BCUT2D eigenvalue weighted by atomic mass is 10.1. The summed E-state index contributed by atoms with van der Waals surface area (Å²) in [7, 11) is 0. The zero-order chi connectivity index (χ0) is 17.2. The number of aromatic amines is 2. The van der Waals surface area contributed by atoms with Crippen molar-refractivity contribution in [2.45, 2.75) is 6.04 Å². The van der Waals surface area contributed by atoms with Crippen molar-refractivity contribution in [3.8, 4) is 11.1 Å². The van der Waals surface area contributed by atoms with Crippen LogP contribution in [-0.4, -0.2) is 26.1 Å². The van der Waals surface area contributed by atoms with Crippen LogP contribution in [0.4, 0.5) is 5.69 Å². The number of pyridine rings is 1. The third kappa shape index (κ3) is 2.77. The van der Waals surface area contributed by atoms with Crippen LogP contribution in [0.25, 0.3) is 22.0 Å². The molecule has 3 aromatic heterocycles. The van der Waals surface area contributed by atoms with Gasteiger partial charge in [0.1, 0.15) is 6.04 Å². The highest BCUT2D eigenvalue weighted by atomic mass is 16.2. The lowest BCUT2D eigenvalue weighted by Crippen LogP contribution is -2.27. The summed E-state index contributed by atoms with van der Waals surface area (Å²) in [6, 6.07) is 8.48. The summed E-state index contributed by atoms with van der Waals surface area (Å²) in [4.78, 5) is 19.7. The number of fused-ring (bicyclic) bond motifs is 1. The van der Waals surface area contributed by atoms with Crippen LogP contribution in [0, 0.1) is 0 Å². The summed E-state index contributed by atoms with van der Waals surface area (Å²) in [5.74, 6) is -0.292. The molecule has 0 fully saturated rings. The molecule has 0 aliphatic carbocycles. The molecule has 0 saturated carbocycles. The van der Waals surface area contributed by atoms with Gasteiger partial charge in [0.25, 0.3) is 0 Å². The van der Waals surface area contributed by atoms with E-state index in [1.54, 1.807) is 30.7 Å². The predicted molar refractivity (Wildman–Crippen MR) is 95.7 cm³/mol. The minimum absolute atomic E-state index is 0.292. The van der Waals surface area contributed by atoms with Crippen molar-refractivity contribution in [1.82, 2.24) is 20.2 Å². The molecule has 0 aliphatic rings. The SMILES string of the molecule is NC(C(=O)Nc1cccc2c(-c3cn[nH]c3)c[nH]c12)c1cccnc1. The van der Waals surface area contributed by atoms with E-state index in [0.29, 0.717) is 11.3 Å². The van der Waals surface area contributed by atoms with Crippen LogP contribution >= 0.6 is 0 Å². The van der Waals surface area contributed by atoms with E-state index in [2.05, 4.69) is 25.5 Å². The molecule has 25 heavy (non-hydrogen) atoms. The van der Waals surface area contributed by atoms with Gasteiger partial charge in [-0.05, 0) is 17.7 Å². The van der Waals surface area contributed by atoms with E-state index in [1.165, 1.54) is 0 Å². The van der Waals surface area contributed by atoms with Crippen LogP contribution in [0.15, 0.2) is 61.3 Å². The summed E-state index contributed by atoms with van der Waals surface area (Å²) in [6.45, 7) is 0. The highest BCUT2D eigenvalue weighted by molar-refractivity contribution is 6.06. The van der Waals surface area contributed by atoms with Crippen LogP contribution in [0.1, 0.15) is 11.6 Å². The van der Waals surface area contributed by atoms with Gasteiger partial charge in [0.15, 0.2) is 0 Å². The molecule has 1 unspecified atom stereocenters. The minimum atomic E-state index is -0.785. The van der Waals surface area contributed by atoms with E-state index in [0.717, 1.165) is 22.0 Å². The first-order valence-electron chi connectivity index (χ1n) is 7.79. The Morgan fingerprint density at radius 3 is 2.84 bits per heavy atom. The van der Waals surface area contributed by atoms with Crippen molar-refractivity contribution in [3.63, 3.8) is 0 Å². The fourth-order valence-corrected chi connectivity index (χ4v) is 2.82. The second kappa shape index (κ2) is 6.21. The molecule has 3 heterocycles. The first-order valence-corrected chi connectivity index (χ1v) is 7.79. The lowest BCUT2D eigenvalue weighted by Gasteiger charge is -2.13.